The molecule has 1 aliphatic carbocycles. The van der Waals surface area contributed by atoms with Crippen LogP contribution in [-0.4, -0.2) is 29.9 Å². The van der Waals surface area contributed by atoms with Crippen molar-refractivity contribution in [2.45, 2.75) is 46.1 Å². The molecule has 1 fully saturated rings. The molecule has 5 nitrogen and oxygen atoms in total. The first-order valence-corrected chi connectivity index (χ1v) is 6.15. The maximum absolute atomic E-state index is 11.7. The maximum Gasteiger partial charge on any atom is 0.313 e. The van der Waals surface area contributed by atoms with Crippen LogP contribution in [0.3, 0.4) is 0 Å². The van der Waals surface area contributed by atoms with Gasteiger partial charge in [0.25, 0.3) is 0 Å². The zero-order valence-electron chi connectivity index (χ0n) is 11.3. The Kier molecular flexibility index (Phi) is 4.48. The van der Waals surface area contributed by atoms with Gasteiger partial charge in [-0.25, -0.2) is 0 Å². The van der Waals surface area contributed by atoms with E-state index in [9.17, 15) is 14.4 Å². The Morgan fingerprint density at radius 2 is 1.78 bits per heavy atom. The van der Waals surface area contributed by atoms with E-state index in [0.29, 0.717) is 6.42 Å². The Labute approximate surface area is 107 Å². The minimum absolute atomic E-state index is 0.232. The average Bonchev–Trinajstić information content (AvgIpc) is 2.93. The molecule has 0 heterocycles. The van der Waals surface area contributed by atoms with Gasteiger partial charge >= 0.3 is 11.9 Å². The molecule has 0 spiro atoms. The Morgan fingerprint density at radius 1 is 1.17 bits per heavy atom. The number of carbonyl (C=O) groups is 3. The van der Waals surface area contributed by atoms with Crippen molar-refractivity contribution >= 4 is 17.7 Å². The Hall–Kier alpha value is -1.39. The standard InChI is InChI=1S/C13H20O5/c1-5-17-11(15)7-10(14)8-6-9(8)12(16)18-13(2,3)4/h8-9H,5-7H2,1-4H3. The summed E-state index contributed by atoms with van der Waals surface area (Å²) in [4.78, 5) is 34.5. The van der Waals surface area contributed by atoms with Gasteiger partial charge in [0.05, 0.1) is 12.5 Å². The molecule has 5 heteroatoms. The van der Waals surface area contributed by atoms with Crippen LogP contribution in [0.25, 0.3) is 0 Å². The zero-order chi connectivity index (χ0) is 13.9. The molecule has 0 radical (unpaired) electrons. The van der Waals surface area contributed by atoms with Crippen molar-refractivity contribution in [2.75, 3.05) is 6.61 Å². The molecular weight excluding hydrogens is 236 g/mol. The van der Waals surface area contributed by atoms with Crippen LogP contribution in [0.1, 0.15) is 40.5 Å². The van der Waals surface area contributed by atoms with Gasteiger partial charge in [0.2, 0.25) is 0 Å². The molecule has 2 atom stereocenters. The summed E-state index contributed by atoms with van der Waals surface area (Å²) in [7, 11) is 0. The first-order chi connectivity index (χ1) is 8.24. The van der Waals surface area contributed by atoms with Gasteiger partial charge < -0.3 is 9.47 Å². The summed E-state index contributed by atoms with van der Waals surface area (Å²) in [6, 6.07) is 0. The van der Waals surface area contributed by atoms with E-state index >= 15 is 0 Å². The van der Waals surface area contributed by atoms with E-state index in [0.717, 1.165) is 0 Å². The summed E-state index contributed by atoms with van der Waals surface area (Å²) in [5.41, 5.74) is -0.547. The fourth-order valence-corrected chi connectivity index (χ4v) is 1.67. The number of ketones is 1. The smallest absolute Gasteiger partial charge is 0.313 e. The first kappa shape index (κ1) is 14.7. The highest BCUT2D eigenvalue weighted by Crippen LogP contribution is 2.41. The van der Waals surface area contributed by atoms with Gasteiger partial charge in [-0.05, 0) is 34.1 Å². The SMILES string of the molecule is CCOC(=O)CC(=O)C1CC1C(=O)OC(C)(C)C. The third kappa shape index (κ3) is 4.47. The zero-order valence-corrected chi connectivity index (χ0v) is 11.3. The molecule has 0 saturated heterocycles. The van der Waals surface area contributed by atoms with Crippen molar-refractivity contribution in [3.63, 3.8) is 0 Å². The van der Waals surface area contributed by atoms with E-state index in [-0.39, 0.29) is 36.6 Å². The molecule has 0 aromatic carbocycles. The van der Waals surface area contributed by atoms with Gasteiger partial charge in [0.1, 0.15) is 17.8 Å². The summed E-state index contributed by atoms with van der Waals surface area (Å²) in [5.74, 6) is -1.87. The number of hydrogen-bond donors (Lipinski definition) is 0. The molecule has 2 unspecified atom stereocenters. The lowest BCUT2D eigenvalue weighted by Crippen LogP contribution is -2.26. The third-order valence-corrected chi connectivity index (χ3v) is 2.54. The lowest BCUT2D eigenvalue weighted by atomic mass is 10.1. The van der Waals surface area contributed by atoms with Crippen LogP contribution >= 0.6 is 0 Å². The summed E-state index contributed by atoms with van der Waals surface area (Å²) in [5, 5.41) is 0. The van der Waals surface area contributed by atoms with Gasteiger partial charge in [0.15, 0.2) is 0 Å². The molecule has 102 valence electrons. The quantitative estimate of drug-likeness (QED) is 0.550. The largest absolute Gasteiger partial charge is 0.466 e. The van der Waals surface area contributed by atoms with Crippen LogP contribution in [-0.2, 0) is 23.9 Å². The fraction of sp³-hybridized carbons (Fsp3) is 0.769. The predicted molar refractivity (Wildman–Crippen MR) is 63.7 cm³/mol. The van der Waals surface area contributed by atoms with E-state index in [1.165, 1.54) is 0 Å². The van der Waals surface area contributed by atoms with E-state index in [1.54, 1.807) is 27.7 Å². The normalized spacial score (nSPS) is 22.2. The van der Waals surface area contributed by atoms with Crippen molar-refractivity contribution in [3.8, 4) is 0 Å². The molecule has 0 N–H and O–H groups in total. The molecule has 0 aromatic heterocycles. The fourth-order valence-electron chi connectivity index (χ4n) is 1.67. The summed E-state index contributed by atoms with van der Waals surface area (Å²) in [6.45, 7) is 7.28. The molecule has 0 aromatic rings. The van der Waals surface area contributed by atoms with Crippen LogP contribution in [0.5, 0.6) is 0 Å². The van der Waals surface area contributed by atoms with E-state index in [1.807, 2.05) is 0 Å². The van der Waals surface area contributed by atoms with Crippen LogP contribution in [0.15, 0.2) is 0 Å². The van der Waals surface area contributed by atoms with E-state index in [2.05, 4.69) is 0 Å². The molecule has 0 amide bonds. The molecular formula is C13H20O5. The molecule has 18 heavy (non-hydrogen) atoms. The Morgan fingerprint density at radius 3 is 2.28 bits per heavy atom. The monoisotopic (exact) mass is 256 g/mol. The van der Waals surface area contributed by atoms with Crippen LogP contribution in [0, 0.1) is 11.8 Å². The average molecular weight is 256 g/mol. The second kappa shape index (κ2) is 5.50. The second-order valence-corrected chi connectivity index (χ2v) is 5.43. The highest BCUT2D eigenvalue weighted by Gasteiger charge is 2.49. The number of hydrogen-bond acceptors (Lipinski definition) is 5. The van der Waals surface area contributed by atoms with Crippen molar-refractivity contribution in [1.82, 2.24) is 0 Å². The van der Waals surface area contributed by atoms with Gasteiger partial charge in [-0.15, -0.1) is 0 Å². The lowest BCUT2D eigenvalue weighted by molar-refractivity contribution is -0.158. The van der Waals surface area contributed by atoms with Gasteiger partial charge in [-0.2, -0.15) is 0 Å². The number of rotatable bonds is 5. The Balaban J connectivity index is 2.38. The van der Waals surface area contributed by atoms with Gasteiger partial charge in [-0.3, -0.25) is 14.4 Å². The number of esters is 2. The van der Waals surface area contributed by atoms with Crippen LogP contribution < -0.4 is 0 Å². The van der Waals surface area contributed by atoms with Gasteiger partial charge in [-0.1, -0.05) is 0 Å². The van der Waals surface area contributed by atoms with Crippen LogP contribution in [0.4, 0.5) is 0 Å². The second-order valence-electron chi connectivity index (χ2n) is 5.43. The first-order valence-electron chi connectivity index (χ1n) is 6.15. The highest BCUT2D eigenvalue weighted by atomic mass is 16.6. The van der Waals surface area contributed by atoms with E-state index < -0.39 is 11.6 Å². The number of Topliss-reactive ketones (excluding diaryl/α,β-unsaturated/α-hetero) is 1. The molecule has 1 rings (SSSR count). The summed E-state index contributed by atoms with van der Waals surface area (Å²) in [6.07, 6.45) is 0.227. The topological polar surface area (TPSA) is 69.7 Å². The maximum atomic E-state index is 11.7. The third-order valence-electron chi connectivity index (χ3n) is 2.54. The molecule has 1 aliphatic rings. The van der Waals surface area contributed by atoms with Gasteiger partial charge in [0, 0.05) is 5.92 Å². The predicted octanol–water partition coefficient (Wildman–Crippen LogP) is 1.49. The highest BCUT2D eigenvalue weighted by molar-refractivity contribution is 6.00. The van der Waals surface area contributed by atoms with Crippen molar-refractivity contribution in [1.29, 1.82) is 0 Å². The van der Waals surface area contributed by atoms with Crippen molar-refractivity contribution in [2.24, 2.45) is 11.8 Å². The summed E-state index contributed by atoms with van der Waals surface area (Å²) >= 11 is 0. The summed E-state index contributed by atoms with van der Waals surface area (Å²) < 4.78 is 9.88. The minimum atomic E-state index is -0.547. The van der Waals surface area contributed by atoms with Crippen molar-refractivity contribution < 1.29 is 23.9 Å². The minimum Gasteiger partial charge on any atom is -0.466 e. The molecule has 0 aliphatic heterocycles. The molecule has 1 saturated carbocycles. The lowest BCUT2D eigenvalue weighted by Gasteiger charge is -2.19. The van der Waals surface area contributed by atoms with E-state index in [4.69, 9.17) is 9.47 Å². The Bertz CT molecular complexity index is 353. The van der Waals surface area contributed by atoms with Crippen molar-refractivity contribution in [3.05, 3.63) is 0 Å². The van der Waals surface area contributed by atoms with Crippen LogP contribution in [0.2, 0.25) is 0 Å². The number of ether oxygens (including phenoxy) is 2. The number of carbonyl (C=O) groups excluding carboxylic acids is 3. The molecule has 0 bridgehead atoms.